The maximum absolute atomic E-state index is 5.77. The molecule has 0 aliphatic carbocycles. The van der Waals surface area contributed by atoms with Crippen LogP contribution in [0.5, 0.6) is 11.5 Å². The second-order valence-corrected chi connectivity index (χ2v) is 5.03. The van der Waals surface area contributed by atoms with Crippen LogP contribution in [0.25, 0.3) is 17.2 Å². The van der Waals surface area contributed by atoms with E-state index in [0.29, 0.717) is 11.5 Å². The number of hydrogen-bond donors (Lipinski definition) is 0. The molecule has 0 spiro atoms. The number of nitrogens with zero attached hydrogens (tertiary/aromatic N) is 5. The van der Waals surface area contributed by atoms with Crippen LogP contribution in [0.1, 0.15) is 0 Å². The zero-order valence-corrected chi connectivity index (χ0v) is 12.6. The summed E-state index contributed by atoms with van der Waals surface area (Å²) in [6.07, 6.45) is 1.70. The van der Waals surface area contributed by atoms with E-state index in [0.717, 1.165) is 17.2 Å². The van der Waals surface area contributed by atoms with Gasteiger partial charge in [0.25, 0.3) is 0 Å². The topological polar surface area (TPSA) is 65.7 Å². The summed E-state index contributed by atoms with van der Waals surface area (Å²) in [6.45, 7) is 0. The van der Waals surface area contributed by atoms with E-state index in [-0.39, 0.29) is 0 Å². The van der Waals surface area contributed by atoms with Crippen LogP contribution in [0.3, 0.4) is 0 Å². The molecule has 0 aliphatic heterocycles. The van der Waals surface area contributed by atoms with E-state index < -0.39 is 0 Å². The Labute approximate surface area is 138 Å². The number of pyridine rings is 1. The summed E-state index contributed by atoms with van der Waals surface area (Å²) in [7, 11) is 0. The van der Waals surface area contributed by atoms with Gasteiger partial charge in [-0.15, -0.1) is 15.0 Å². The first-order valence-electron chi connectivity index (χ1n) is 7.43. The Morgan fingerprint density at radius 1 is 0.750 bits per heavy atom. The lowest BCUT2D eigenvalue weighted by molar-refractivity contribution is 0.482. The van der Waals surface area contributed by atoms with Gasteiger partial charge in [0.05, 0.1) is 5.69 Å². The van der Waals surface area contributed by atoms with Gasteiger partial charge in [-0.05, 0) is 53.7 Å². The number of benzene rings is 2. The van der Waals surface area contributed by atoms with Crippen LogP contribution in [-0.2, 0) is 0 Å². The summed E-state index contributed by atoms with van der Waals surface area (Å²) in [5.41, 5.74) is 1.48. The molecule has 0 saturated heterocycles. The summed E-state index contributed by atoms with van der Waals surface area (Å²) < 4.78 is 5.77. The fourth-order valence-electron chi connectivity index (χ4n) is 2.19. The van der Waals surface area contributed by atoms with Gasteiger partial charge in [0.1, 0.15) is 17.2 Å². The Morgan fingerprint density at radius 3 is 2.25 bits per heavy atom. The van der Waals surface area contributed by atoms with Gasteiger partial charge in [0.2, 0.25) is 5.82 Å². The Morgan fingerprint density at radius 2 is 1.50 bits per heavy atom. The molecule has 0 amide bonds. The fourth-order valence-corrected chi connectivity index (χ4v) is 2.19. The SMILES string of the molecule is c1ccc(Oc2ccc(-n3nnc(-c4ccccn4)n3)cc2)cc1. The fraction of sp³-hybridized carbons (Fsp3) is 0. The van der Waals surface area contributed by atoms with Crippen molar-refractivity contribution in [2.45, 2.75) is 0 Å². The average molecular weight is 315 g/mol. The van der Waals surface area contributed by atoms with E-state index in [4.69, 9.17) is 4.74 Å². The lowest BCUT2D eigenvalue weighted by Crippen LogP contribution is -1.98. The summed E-state index contributed by atoms with van der Waals surface area (Å²) >= 11 is 0. The number of para-hydroxylation sites is 1. The lowest BCUT2D eigenvalue weighted by Gasteiger charge is -2.05. The first-order chi connectivity index (χ1) is 11.9. The second kappa shape index (κ2) is 6.29. The Bertz CT molecular complexity index is 921. The van der Waals surface area contributed by atoms with E-state index in [1.807, 2.05) is 72.8 Å². The van der Waals surface area contributed by atoms with Crippen molar-refractivity contribution in [1.29, 1.82) is 0 Å². The number of ether oxygens (including phenoxy) is 1. The van der Waals surface area contributed by atoms with E-state index in [9.17, 15) is 0 Å². The molecule has 2 aromatic heterocycles. The van der Waals surface area contributed by atoms with Crippen LogP contribution < -0.4 is 4.74 Å². The van der Waals surface area contributed by atoms with Crippen molar-refractivity contribution in [2.24, 2.45) is 0 Å². The van der Waals surface area contributed by atoms with Gasteiger partial charge in [-0.1, -0.05) is 24.3 Å². The van der Waals surface area contributed by atoms with Crippen molar-refractivity contribution < 1.29 is 4.74 Å². The number of tetrazole rings is 1. The van der Waals surface area contributed by atoms with Crippen molar-refractivity contribution in [3.8, 4) is 28.7 Å². The molecule has 0 N–H and O–H groups in total. The first-order valence-corrected chi connectivity index (χ1v) is 7.43. The highest BCUT2D eigenvalue weighted by molar-refractivity contribution is 5.47. The van der Waals surface area contributed by atoms with Crippen LogP contribution in [0, 0.1) is 0 Å². The molecule has 0 aliphatic rings. The summed E-state index contributed by atoms with van der Waals surface area (Å²) in [5, 5.41) is 12.5. The highest BCUT2D eigenvalue weighted by atomic mass is 16.5. The van der Waals surface area contributed by atoms with Gasteiger partial charge < -0.3 is 4.74 Å². The third-order valence-electron chi connectivity index (χ3n) is 3.35. The molecule has 0 radical (unpaired) electrons. The summed E-state index contributed by atoms with van der Waals surface area (Å²) in [4.78, 5) is 5.69. The molecule has 116 valence electrons. The van der Waals surface area contributed by atoms with Crippen LogP contribution in [0.4, 0.5) is 0 Å². The maximum atomic E-state index is 5.77. The van der Waals surface area contributed by atoms with Crippen molar-refractivity contribution in [2.75, 3.05) is 0 Å². The third kappa shape index (κ3) is 2.98. The standard InChI is InChI=1S/C18H13N5O/c1-2-6-15(7-3-1)24-16-11-9-14(10-12-16)23-21-18(20-22-23)17-8-4-5-13-19-17/h1-13H. The third-order valence-corrected chi connectivity index (χ3v) is 3.35. The Hall–Kier alpha value is -3.54. The van der Waals surface area contributed by atoms with Gasteiger partial charge >= 0.3 is 0 Å². The Kier molecular flexibility index (Phi) is 3.69. The average Bonchev–Trinajstić information content (AvgIpc) is 3.14. The molecule has 6 heteroatoms. The van der Waals surface area contributed by atoms with E-state index >= 15 is 0 Å². The quantitative estimate of drug-likeness (QED) is 0.576. The van der Waals surface area contributed by atoms with Crippen molar-refractivity contribution in [3.63, 3.8) is 0 Å². The summed E-state index contributed by atoms with van der Waals surface area (Å²) in [5.74, 6) is 2.02. The number of aromatic nitrogens is 5. The zero-order chi connectivity index (χ0) is 16.2. The van der Waals surface area contributed by atoms with E-state index in [1.165, 1.54) is 4.80 Å². The van der Waals surface area contributed by atoms with Crippen molar-refractivity contribution in [1.82, 2.24) is 25.2 Å². The minimum Gasteiger partial charge on any atom is -0.457 e. The number of rotatable bonds is 4. The van der Waals surface area contributed by atoms with E-state index in [2.05, 4.69) is 20.4 Å². The van der Waals surface area contributed by atoms with Crippen LogP contribution in [0.15, 0.2) is 79.0 Å². The lowest BCUT2D eigenvalue weighted by atomic mass is 10.3. The molecule has 4 rings (SSSR count). The molecular formula is C18H13N5O. The molecular weight excluding hydrogens is 302 g/mol. The van der Waals surface area contributed by atoms with Crippen molar-refractivity contribution >= 4 is 0 Å². The van der Waals surface area contributed by atoms with Crippen LogP contribution >= 0.6 is 0 Å². The molecule has 0 unspecified atom stereocenters. The van der Waals surface area contributed by atoms with Gasteiger partial charge in [-0.25, -0.2) is 0 Å². The molecule has 2 heterocycles. The van der Waals surface area contributed by atoms with Crippen LogP contribution in [0.2, 0.25) is 0 Å². The molecule has 4 aromatic rings. The minimum absolute atomic E-state index is 0.486. The van der Waals surface area contributed by atoms with Crippen molar-refractivity contribution in [3.05, 3.63) is 79.0 Å². The molecule has 0 atom stereocenters. The van der Waals surface area contributed by atoms with Gasteiger partial charge in [0, 0.05) is 6.20 Å². The maximum Gasteiger partial charge on any atom is 0.223 e. The molecule has 0 saturated carbocycles. The predicted molar refractivity (Wildman–Crippen MR) is 88.9 cm³/mol. The Balaban J connectivity index is 1.54. The second-order valence-electron chi connectivity index (χ2n) is 5.03. The highest BCUT2D eigenvalue weighted by Gasteiger charge is 2.08. The molecule has 2 aromatic carbocycles. The minimum atomic E-state index is 0.486. The predicted octanol–water partition coefficient (Wildman–Crippen LogP) is 3.52. The van der Waals surface area contributed by atoms with Gasteiger partial charge in [-0.2, -0.15) is 0 Å². The first kappa shape index (κ1) is 14.1. The van der Waals surface area contributed by atoms with Gasteiger partial charge in [-0.3, -0.25) is 4.98 Å². The van der Waals surface area contributed by atoms with Crippen LogP contribution in [-0.4, -0.2) is 25.2 Å². The summed E-state index contributed by atoms with van der Waals surface area (Å²) in [6, 6.07) is 22.7. The molecule has 0 bridgehead atoms. The highest BCUT2D eigenvalue weighted by Crippen LogP contribution is 2.22. The molecule has 0 fully saturated rings. The smallest absolute Gasteiger partial charge is 0.223 e. The number of hydrogen-bond acceptors (Lipinski definition) is 5. The van der Waals surface area contributed by atoms with E-state index in [1.54, 1.807) is 6.20 Å². The largest absolute Gasteiger partial charge is 0.457 e. The van der Waals surface area contributed by atoms with Gasteiger partial charge in [0.15, 0.2) is 0 Å². The normalized spacial score (nSPS) is 10.5. The molecule has 6 nitrogen and oxygen atoms in total. The monoisotopic (exact) mass is 315 g/mol. The zero-order valence-electron chi connectivity index (χ0n) is 12.6. The molecule has 24 heavy (non-hydrogen) atoms.